The summed E-state index contributed by atoms with van der Waals surface area (Å²) in [5.74, 6) is -2.84. The van der Waals surface area contributed by atoms with E-state index in [-0.39, 0.29) is 12.9 Å². The van der Waals surface area contributed by atoms with Crippen LogP contribution < -0.4 is 0 Å². The maximum absolute atomic E-state index is 12.5. The standard InChI is InChI=1S/C26H44O8/c1-20-15-13-11-9-7-8-10-12-14-16-21(31-19-28-4)24-22(17-18-23(27)32-20)33-25(2,29-5)26(3,30-6)34-24/h12,14,17-18,20-22,24H,7-11,13,15-16,19H2,1-6H3/b14-12-,18-17+/t20-,21?,22+,24-,25+,26+/m0/s1. The molecule has 8 nitrogen and oxygen atoms in total. The maximum atomic E-state index is 12.5. The highest BCUT2D eigenvalue weighted by Gasteiger charge is 2.57. The number of cyclic esters (lactones) is 1. The van der Waals surface area contributed by atoms with Crippen molar-refractivity contribution in [3.63, 3.8) is 0 Å². The fourth-order valence-corrected chi connectivity index (χ4v) is 4.27. The van der Waals surface area contributed by atoms with E-state index >= 15 is 0 Å². The molecule has 0 spiro atoms. The molecule has 0 N–H and O–H groups in total. The van der Waals surface area contributed by atoms with E-state index in [0.717, 1.165) is 32.1 Å². The average molecular weight is 485 g/mol. The molecular formula is C26H44O8. The first-order valence-electron chi connectivity index (χ1n) is 12.4. The van der Waals surface area contributed by atoms with Gasteiger partial charge in [-0.25, -0.2) is 4.79 Å². The van der Waals surface area contributed by atoms with E-state index in [1.165, 1.54) is 26.0 Å². The molecule has 2 heterocycles. The van der Waals surface area contributed by atoms with E-state index in [1.807, 2.05) is 6.92 Å². The highest BCUT2D eigenvalue weighted by atomic mass is 16.8. The number of hydrogen-bond acceptors (Lipinski definition) is 8. The van der Waals surface area contributed by atoms with E-state index < -0.39 is 35.9 Å². The van der Waals surface area contributed by atoms with Crippen LogP contribution in [0.4, 0.5) is 0 Å². The Morgan fingerprint density at radius 2 is 1.65 bits per heavy atom. The number of allylic oxidation sites excluding steroid dienone is 1. The number of carbonyl (C=O) groups is 1. The van der Waals surface area contributed by atoms with Crippen LogP contribution in [0.2, 0.25) is 0 Å². The Kier molecular flexibility index (Phi) is 12.2. The Bertz CT molecular complexity index is 665. The monoisotopic (exact) mass is 484 g/mol. The maximum Gasteiger partial charge on any atom is 0.330 e. The fraction of sp³-hybridized carbons (Fsp3) is 0.808. The van der Waals surface area contributed by atoms with Gasteiger partial charge in [0.1, 0.15) is 19.0 Å². The second-order valence-electron chi connectivity index (χ2n) is 9.24. The third-order valence-corrected chi connectivity index (χ3v) is 6.67. The summed E-state index contributed by atoms with van der Waals surface area (Å²) in [6.45, 7) is 5.54. The molecule has 1 saturated heterocycles. The molecule has 0 amide bonds. The van der Waals surface area contributed by atoms with Crippen molar-refractivity contribution in [1.29, 1.82) is 0 Å². The number of methoxy groups -OCH3 is 3. The van der Waals surface area contributed by atoms with Crippen LogP contribution >= 0.6 is 0 Å². The minimum atomic E-state index is -1.22. The van der Waals surface area contributed by atoms with Crippen molar-refractivity contribution in [2.24, 2.45) is 0 Å². The van der Waals surface area contributed by atoms with Crippen LogP contribution in [-0.4, -0.2) is 70.1 Å². The van der Waals surface area contributed by atoms with E-state index in [2.05, 4.69) is 12.2 Å². The van der Waals surface area contributed by atoms with Crippen LogP contribution in [0.5, 0.6) is 0 Å². The highest BCUT2D eigenvalue weighted by molar-refractivity contribution is 5.82. The number of fused-ring (bicyclic) bond motifs is 1. The average Bonchev–Trinajstić information content (AvgIpc) is 2.82. The molecule has 2 aliphatic heterocycles. The lowest BCUT2D eigenvalue weighted by Gasteiger charge is -2.52. The van der Waals surface area contributed by atoms with Gasteiger partial charge in [0, 0.05) is 27.4 Å². The lowest BCUT2D eigenvalue weighted by molar-refractivity contribution is -0.449. The summed E-state index contributed by atoms with van der Waals surface area (Å²) in [6.07, 6.45) is 13.8. The largest absolute Gasteiger partial charge is 0.460 e. The van der Waals surface area contributed by atoms with Crippen molar-refractivity contribution in [1.82, 2.24) is 0 Å². The molecular weight excluding hydrogens is 440 g/mol. The number of esters is 1. The second-order valence-corrected chi connectivity index (χ2v) is 9.24. The zero-order chi connectivity index (χ0) is 25.0. The summed E-state index contributed by atoms with van der Waals surface area (Å²) < 4.78 is 40.9. The van der Waals surface area contributed by atoms with E-state index in [9.17, 15) is 4.79 Å². The molecule has 0 aromatic rings. The molecule has 0 radical (unpaired) electrons. The predicted molar refractivity (Wildman–Crippen MR) is 128 cm³/mol. The Labute approximate surface area is 204 Å². The molecule has 0 bridgehead atoms. The van der Waals surface area contributed by atoms with Gasteiger partial charge in [0.15, 0.2) is 0 Å². The van der Waals surface area contributed by atoms with Crippen LogP contribution in [-0.2, 0) is 38.0 Å². The van der Waals surface area contributed by atoms with Gasteiger partial charge in [0.2, 0.25) is 11.6 Å². The molecule has 8 heteroatoms. The van der Waals surface area contributed by atoms with E-state index in [0.29, 0.717) is 6.42 Å². The SMILES string of the molecule is COCOC1C/C=C\CCCCCCC[C@H](C)OC(=O)/C=C/[C@H]2O[C@@](C)(OC)[C@](C)(OC)O[C@@H]12. The first kappa shape index (κ1) is 28.9. The summed E-state index contributed by atoms with van der Waals surface area (Å²) in [6, 6.07) is 0. The zero-order valence-corrected chi connectivity index (χ0v) is 21.7. The first-order valence-corrected chi connectivity index (χ1v) is 12.4. The lowest BCUT2D eigenvalue weighted by atomic mass is 9.97. The minimum Gasteiger partial charge on any atom is -0.460 e. The van der Waals surface area contributed by atoms with Crippen molar-refractivity contribution in [2.75, 3.05) is 28.1 Å². The highest BCUT2D eigenvalue weighted by Crippen LogP contribution is 2.41. The molecule has 0 saturated carbocycles. The molecule has 196 valence electrons. The van der Waals surface area contributed by atoms with Crippen molar-refractivity contribution >= 4 is 5.97 Å². The second kappa shape index (κ2) is 14.3. The van der Waals surface area contributed by atoms with Crippen molar-refractivity contribution < 1.29 is 38.0 Å². The van der Waals surface area contributed by atoms with Gasteiger partial charge in [-0.2, -0.15) is 0 Å². The van der Waals surface area contributed by atoms with E-state index in [4.69, 9.17) is 33.2 Å². The van der Waals surface area contributed by atoms with Gasteiger partial charge in [-0.15, -0.1) is 0 Å². The molecule has 2 aliphatic rings. The topological polar surface area (TPSA) is 81.7 Å². The number of ether oxygens (including phenoxy) is 7. The van der Waals surface area contributed by atoms with Crippen molar-refractivity contribution in [2.45, 2.75) is 108 Å². The molecule has 1 unspecified atom stereocenters. The fourth-order valence-electron chi connectivity index (χ4n) is 4.27. The third-order valence-electron chi connectivity index (χ3n) is 6.67. The van der Waals surface area contributed by atoms with Crippen LogP contribution in [0.15, 0.2) is 24.3 Å². The van der Waals surface area contributed by atoms with Gasteiger partial charge in [0.25, 0.3) is 0 Å². The van der Waals surface area contributed by atoms with Crippen LogP contribution in [0, 0.1) is 0 Å². The first-order chi connectivity index (χ1) is 16.3. The Hall–Kier alpha value is -1.29. The molecule has 6 atom stereocenters. The predicted octanol–water partition coefficient (Wildman–Crippen LogP) is 4.66. The van der Waals surface area contributed by atoms with E-state index in [1.54, 1.807) is 34.1 Å². The summed E-state index contributed by atoms with van der Waals surface area (Å²) in [5, 5.41) is 0. The summed E-state index contributed by atoms with van der Waals surface area (Å²) >= 11 is 0. The Balaban J connectivity index is 2.34. The summed E-state index contributed by atoms with van der Waals surface area (Å²) in [4.78, 5) is 12.5. The van der Waals surface area contributed by atoms with Gasteiger partial charge >= 0.3 is 5.97 Å². The minimum absolute atomic E-state index is 0.0968. The van der Waals surface area contributed by atoms with Gasteiger partial charge in [-0.3, -0.25) is 0 Å². The quantitative estimate of drug-likeness (QED) is 0.317. The molecule has 0 aromatic heterocycles. The van der Waals surface area contributed by atoms with Crippen LogP contribution in [0.1, 0.15) is 72.1 Å². The number of rotatable bonds is 5. The van der Waals surface area contributed by atoms with Crippen molar-refractivity contribution in [3.8, 4) is 0 Å². The van der Waals surface area contributed by atoms with Crippen molar-refractivity contribution in [3.05, 3.63) is 24.3 Å². The van der Waals surface area contributed by atoms with Gasteiger partial charge in [0.05, 0.1) is 12.2 Å². The smallest absolute Gasteiger partial charge is 0.330 e. The Morgan fingerprint density at radius 3 is 2.35 bits per heavy atom. The zero-order valence-electron chi connectivity index (χ0n) is 21.7. The molecule has 0 aromatic carbocycles. The van der Waals surface area contributed by atoms with Gasteiger partial charge in [-0.05, 0) is 59.0 Å². The normalized spacial score (nSPS) is 38.7. The number of carbonyl (C=O) groups excluding carboxylic acids is 1. The molecule has 2 rings (SSSR count). The molecule has 1 fully saturated rings. The summed E-state index contributed by atoms with van der Waals surface area (Å²) in [5.41, 5.74) is 0. The summed E-state index contributed by atoms with van der Waals surface area (Å²) in [7, 11) is 4.65. The third kappa shape index (κ3) is 8.14. The van der Waals surface area contributed by atoms with Gasteiger partial charge < -0.3 is 33.2 Å². The Morgan fingerprint density at radius 1 is 0.971 bits per heavy atom. The molecule has 0 aliphatic carbocycles. The van der Waals surface area contributed by atoms with Crippen LogP contribution in [0.3, 0.4) is 0 Å². The lowest BCUT2D eigenvalue weighted by Crippen LogP contribution is -2.66. The van der Waals surface area contributed by atoms with Crippen LogP contribution in [0.25, 0.3) is 0 Å². The molecule has 34 heavy (non-hydrogen) atoms. The van der Waals surface area contributed by atoms with Gasteiger partial charge in [-0.1, -0.05) is 31.4 Å². The number of hydrogen-bond donors (Lipinski definition) is 0.